The van der Waals surface area contributed by atoms with E-state index in [2.05, 4.69) is 15.4 Å². The molecule has 1 atom stereocenters. The van der Waals surface area contributed by atoms with Crippen LogP contribution in [0.5, 0.6) is 5.75 Å². The van der Waals surface area contributed by atoms with E-state index in [0.717, 1.165) is 49.6 Å². The number of alkyl halides is 3. The second kappa shape index (κ2) is 10.4. The summed E-state index contributed by atoms with van der Waals surface area (Å²) < 4.78 is 40.3. The largest absolute Gasteiger partial charge is 0.573 e. The molecular formula is C19H29F3N4O3+2. The predicted molar refractivity (Wildman–Crippen MR) is 101 cm³/mol. The normalized spacial score (nSPS) is 20.6. The second-order valence-electron chi connectivity index (χ2n) is 7.35. The molecule has 0 radical (unpaired) electrons. The Morgan fingerprint density at radius 1 is 1.03 bits per heavy atom. The van der Waals surface area contributed by atoms with Gasteiger partial charge < -0.3 is 25.2 Å². The third-order valence-corrected chi connectivity index (χ3v) is 4.88. The van der Waals surface area contributed by atoms with Crippen LogP contribution in [-0.4, -0.2) is 63.5 Å². The van der Waals surface area contributed by atoms with Crippen molar-refractivity contribution in [3.8, 4) is 5.75 Å². The maximum atomic E-state index is 12.2. The van der Waals surface area contributed by atoms with Crippen LogP contribution in [0.2, 0.25) is 0 Å². The molecule has 7 nitrogen and oxygen atoms in total. The first-order valence-corrected chi connectivity index (χ1v) is 9.76. The monoisotopic (exact) mass is 418 g/mol. The number of quaternary nitrogens is 2. The number of amides is 2. The van der Waals surface area contributed by atoms with Crippen molar-refractivity contribution in [2.75, 3.05) is 44.6 Å². The Balaban J connectivity index is 1.71. The van der Waals surface area contributed by atoms with Crippen LogP contribution in [0, 0.1) is 0 Å². The van der Waals surface area contributed by atoms with Crippen molar-refractivity contribution in [1.29, 1.82) is 0 Å². The van der Waals surface area contributed by atoms with Gasteiger partial charge in [0, 0.05) is 11.7 Å². The van der Waals surface area contributed by atoms with Gasteiger partial charge in [0.1, 0.15) is 31.9 Å². The molecule has 29 heavy (non-hydrogen) atoms. The summed E-state index contributed by atoms with van der Waals surface area (Å²) in [6.45, 7) is 7.87. The minimum absolute atomic E-state index is 0.0495. The van der Waals surface area contributed by atoms with Gasteiger partial charge in [-0.2, -0.15) is 0 Å². The van der Waals surface area contributed by atoms with E-state index in [1.165, 1.54) is 17.0 Å². The van der Waals surface area contributed by atoms with Gasteiger partial charge in [0.15, 0.2) is 13.1 Å². The zero-order valence-corrected chi connectivity index (χ0v) is 16.7. The molecule has 2 rings (SSSR count). The van der Waals surface area contributed by atoms with Gasteiger partial charge in [-0.15, -0.1) is 13.2 Å². The highest BCUT2D eigenvalue weighted by molar-refractivity contribution is 5.91. The zero-order chi connectivity index (χ0) is 21.4. The molecule has 1 aliphatic heterocycles. The topological polar surface area (TPSA) is 76.3 Å². The number of hydrogen-bond acceptors (Lipinski definition) is 3. The van der Waals surface area contributed by atoms with Crippen molar-refractivity contribution in [2.24, 2.45) is 0 Å². The molecule has 10 heteroatoms. The van der Waals surface area contributed by atoms with Gasteiger partial charge in [-0.25, -0.2) is 0 Å². The number of nitrogens with one attached hydrogen (secondary N) is 4. The minimum Gasteiger partial charge on any atom is -0.406 e. The Bertz CT molecular complexity index is 674. The molecule has 2 amide bonds. The molecule has 1 aliphatic rings. The van der Waals surface area contributed by atoms with Gasteiger partial charge in [-0.3, -0.25) is 9.59 Å². The SMILES string of the molecule is CC[C@H](C)NC(=O)C[NH+]1CC[NH+](CC(=O)Nc2ccc(OC(F)(F)F)cc2)CC1. The molecular weight excluding hydrogens is 389 g/mol. The van der Waals surface area contributed by atoms with E-state index in [9.17, 15) is 22.8 Å². The van der Waals surface area contributed by atoms with Crippen molar-refractivity contribution in [1.82, 2.24) is 5.32 Å². The lowest BCUT2D eigenvalue weighted by molar-refractivity contribution is -1.00. The highest BCUT2D eigenvalue weighted by atomic mass is 19.4. The first kappa shape index (κ1) is 23.0. The quantitative estimate of drug-likeness (QED) is 0.448. The average Bonchev–Trinajstić information content (AvgIpc) is 2.63. The van der Waals surface area contributed by atoms with Crippen molar-refractivity contribution >= 4 is 17.5 Å². The molecule has 1 aromatic rings. The van der Waals surface area contributed by atoms with Crippen LogP contribution < -0.4 is 25.2 Å². The number of benzene rings is 1. The molecule has 0 saturated carbocycles. The molecule has 0 bridgehead atoms. The number of carbonyl (C=O) groups excluding carboxylic acids is 2. The van der Waals surface area contributed by atoms with E-state index in [1.807, 2.05) is 13.8 Å². The van der Waals surface area contributed by atoms with E-state index in [1.54, 1.807) is 0 Å². The summed E-state index contributed by atoms with van der Waals surface area (Å²) in [7, 11) is 0. The molecule has 4 N–H and O–H groups in total. The molecule has 0 aliphatic carbocycles. The molecule has 1 saturated heterocycles. The van der Waals surface area contributed by atoms with E-state index >= 15 is 0 Å². The fourth-order valence-electron chi connectivity index (χ4n) is 3.14. The molecule has 0 spiro atoms. The molecule has 0 unspecified atom stereocenters. The van der Waals surface area contributed by atoms with E-state index in [0.29, 0.717) is 12.2 Å². The minimum atomic E-state index is -4.74. The number of anilines is 1. The summed E-state index contributed by atoms with van der Waals surface area (Å²) >= 11 is 0. The van der Waals surface area contributed by atoms with Crippen LogP contribution in [0.15, 0.2) is 24.3 Å². The smallest absolute Gasteiger partial charge is 0.406 e. The lowest BCUT2D eigenvalue weighted by Crippen LogP contribution is -3.28. The van der Waals surface area contributed by atoms with E-state index in [-0.39, 0.29) is 30.2 Å². The van der Waals surface area contributed by atoms with E-state index < -0.39 is 6.36 Å². The third kappa shape index (κ3) is 8.70. The van der Waals surface area contributed by atoms with Gasteiger partial charge in [0.05, 0.1) is 0 Å². The van der Waals surface area contributed by atoms with Crippen molar-refractivity contribution in [3.05, 3.63) is 24.3 Å². The number of hydrogen-bond donors (Lipinski definition) is 4. The Hall–Kier alpha value is -2.33. The van der Waals surface area contributed by atoms with Crippen LogP contribution in [0.25, 0.3) is 0 Å². The summed E-state index contributed by atoms with van der Waals surface area (Å²) in [5.74, 6) is -0.492. The maximum absolute atomic E-state index is 12.2. The number of rotatable bonds is 8. The van der Waals surface area contributed by atoms with Crippen molar-refractivity contribution in [3.63, 3.8) is 0 Å². The Morgan fingerprint density at radius 2 is 1.55 bits per heavy atom. The van der Waals surface area contributed by atoms with Crippen molar-refractivity contribution in [2.45, 2.75) is 32.7 Å². The lowest BCUT2D eigenvalue weighted by atomic mass is 10.2. The zero-order valence-electron chi connectivity index (χ0n) is 16.7. The first-order chi connectivity index (χ1) is 13.6. The van der Waals surface area contributed by atoms with Gasteiger partial charge in [0.2, 0.25) is 0 Å². The van der Waals surface area contributed by atoms with Crippen LogP contribution in [0.4, 0.5) is 18.9 Å². The molecule has 162 valence electrons. The van der Waals surface area contributed by atoms with Gasteiger partial charge >= 0.3 is 6.36 Å². The lowest BCUT2D eigenvalue weighted by Gasteiger charge is -2.29. The summed E-state index contributed by atoms with van der Waals surface area (Å²) in [6, 6.07) is 5.22. The molecule has 1 fully saturated rings. The molecule has 0 aromatic heterocycles. The molecule has 1 aromatic carbocycles. The average molecular weight is 418 g/mol. The Kier molecular flexibility index (Phi) is 8.27. The van der Waals surface area contributed by atoms with Gasteiger partial charge in [0.25, 0.3) is 11.8 Å². The number of ether oxygens (including phenoxy) is 1. The third-order valence-electron chi connectivity index (χ3n) is 4.88. The van der Waals surface area contributed by atoms with Gasteiger partial charge in [-0.05, 0) is 37.6 Å². The van der Waals surface area contributed by atoms with E-state index in [4.69, 9.17) is 0 Å². The number of halogens is 3. The van der Waals surface area contributed by atoms with Crippen LogP contribution >= 0.6 is 0 Å². The summed E-state index contributed by atoms with van der Waals surface area (Å²) in [4.78, 5) is 26.5. The summed E-state index contributed by atoms with van der Waals surface area (Å²) in [6.07, 6.45) is -3.85. The number of carbonyl (C=O) groups is 2. The van der Waals surface area contributed by atoms with Crippen molar-refractivity contribution < 1.29 is 37.3 Å². The fourth-order valence-corrected chi connectivity index (χ4v) is 3.14. The van der Waals surface area contributed by atoms with Crippen LogP contribution in [0.3, 0.4) is 0 Å². The Morgan fingerprint density at radius 3 is 2.03 bits per heavy atom. The highest BCUT2D eigenvalue weighted by Gasteiger charge is 2.31. The fraction of sp³-hybridized carbons (Fsp3) is 0.579. The summed E-state index contributed by atoms with van der Waals surface area (Å²) in [5.41, 5.74) is 0.412. The van der Waals surface area contributed by atoms with Crippen LogP contribution in [0.1, 0.15) is 20.3 Å². The first-order valence-electron chi connectivity index (χ1n) is 9.76. The number of piperazine rings is 1. The standard InChI is InChI=1S/C19H27F3N4O3/c1-3-14(2)23-17(27)12-25-8-10-26(11-9-25)13-18(28)24-15-4-6-16(7-5-15)29-19(20,21)22/h4-7,14H,3,8-13H2,1-2H3,(H,23,27)(H,24,28)/p+2/t14-/m0/s1. The second-order valence-corrected chi connectivity index (χ2v) is 7.35. The highest BCUT2D eigenvalue weighted by Crippen LogP contribution is 2.23. The predicted octanol–water partition coefficient (Wildman–Crippen LogP) is -0.778. The Labute approximate surface area is 168 Å². The van der Waals surface area contributed by atoms with Crippen LogP contribution in [-0.2, 0) is 9.59 Å². The summed E-state index contributed by atoms with van der Waals surface area (Å²) in [5, 5.41) is 5.65. The van der Waals surface area contributed by atoms with Gasteiger partial charge in [-0.1, -0.05) is 6.92 Å². The molecule has 1 heterocycles. The maximum Gasteiger partial charge on any atom is 0.573 e.